The van der Waals surface area contributed by atoms with Gasteiger partial charge in [0.25, 0.3) is 0 Å². The second-order valence-electron chi connectivity index (χ2n) is 9.01. The fourth-order valence-electron chi connectivity index (χ4n) is 4.25. The maximum Gasteiger partial charge on any atom is 0.416 e. The van der Waals surface area contributed by atoms with Crippen molar-refractivity contribution < 1.29 is 40.7 Å². The first kappa shape index (κ1) is 29.1. The number of carbonyl (C=O) groups excluding carboxylic acids is 3. The van der Waals surface area contributed by atoms with E-state index < -0.39 is 65.3 Å². The Morgan fingerprint density at radius 3 is 2.13 bits per heavy atom. The highest BCUT2D eigenvalue weighted by Gasteiger charge is 2.39. The Bertz CT molecular complexity index is 1120. The number of rotatable bonds is 9. The van der Waals surface area contributed by atoms with Crippen molar-refractivity contribution in [3.63, 3.8) is 0 Å². The SMILES string of the molecule is NC(=O)CNC(C(=O)N[C@H]1CCN[C@H](Cc2ccccc2)C1)C(=O)c1cc(C(F)(F)F)cc(C(F)(F)F)c1. The molecule has 2 amide bonds. The molecule has 38 heavy (non-hydrogen) atoms. The van der Waals surface area contributed by atoms with Crippen LogP contribution >= 0.6 is 0 Å². The second kappa shape index (κ2) is 11.9. The number of primary amides is 1. The largest absolute Gasteiger partial charge is 0.416 e. The van der Waals surface area contributed by atoms with Gasteiger partial charge in [-0.25, -0.2) is 0 Å². The molecule has 1 unspecified atom stereocenters. The molecule has 3 atom stereocenters. The maximum atomic E-state index is 13.3. The third-order valence-corrected chi connectivity index (χ3v) is 6.04. The minimum absolute atomic E-state index is 0.0259. The molecular formula is C25H26F6N4O3. The summed E-state index contributed by atoms with van der Waals surface area (Å²) in [7, 11) is 0. The predicted molar refractivity (Wildman–Crippen MR) is 125 cm³/mol. The minimum atomic E-state index is -5.18. The average molecular weight is 544 g/mol. The van der Waals surface area contributed by atoms with E-state index in [-0.39, 0.29) is 24.2 Å². The molecule has 0 saturated carbocycles. The third-order valence-electron chi connectivity index (χ3n) is 6.04. The van der Waals surface area contributed by atoms with E-state index >= 15 is 0 Å². The lowest BCUT2D eigenvalue weighted by Crippen LogP contribution is -2.56. The van der Waals surface area contributed by atoms with Crippen LogP contribution in [-0.4, -0.2) is 48.8 Å². The lowest BCUT2D eigenvalue weighted by Gasteiger charge is -2.32. The fourth-order valence-corrected chi connectivity index (χ4v) is 4.25. The minimum Gasteiger partial charge on any atom is -0.369 e. The molecule has 1 heterocycles. The van der Waals surface area contributed by atoms with Crippen LogP contribution in [0.4, 0.5) is 26.3 Å². The second-order valence-corrected chi connectivity index (χ2v) is 9.01. The van der Waals surface area contributed by atoms with Crippen LogP contribution in [-0.2, 0) is 28.4 Å². The van der Waals surface area contributed by atoms with Gasteiger partial charge in [-0.15, -0.1) is 0 Å². The van der Waals surface area contributed by atoms with Gasteiger partial charge in [-0.1, -0.05) is 30.3 Å². The van der Waals surface area contributed by atoms with Crippen LogP contribution in [0.1, 0.15) is 39.9 Å². The summed E-state index contributed by atoms with van der Waals surface area (Å²) in [5.41, 5.74) is 1.73. The number of amides is 2. The first-order chi connectivity index (χ1) is 17.7. The van der Waals surface area contributed by atoms with Crippen LogP contribution in [0.25, 0.3) is 0 Å². The molecule has 1 aliphatic heterocycles. The number of halogens is 6. The first-order valence-electron chi connectivity index (χ1n) is 11.7. The number of hydrogen-bond acceptors (Lipinski definition) is 5. The Labute approximate surface area is 214 Å². The zero-order valence-corrected chi connectivity index (χ0v) is 20.0. The van der Waals surface area contributed by atoms with Gasteiger partial charge in [-0.2, -0.15) is 26.3 Å². The fraction of sp³-hybridized carbons (Fsp3) is 0.400. The number of carbonyl (C=O) groups is 3. The topological polar surface area (TPSA) is 113 Å². The molecule has 1 aliphatic rings. The Balaban J connectivity index is 1.82. The first-order valence-corrected chi connectivity index (χ1v) is 11.7. The quantitative estimate of drug-likeness (QED) is 0.220. The van der Waals surface area contributed by atoms with Crippen LogP contribution in [0, 0.1) is 0 Å². The van der Waals surface area contributed by atoms with Crippen molar-refractivity contribution in [2.75, 3.05) is 13.1 Å². The van der Waals surface area contributed by atoms with Gasteiger partial charge in [-0.3, -0.25) is 19.7 Å². The summed E-state index contributed by atoms with van der Waals surface area (Å²) >= 11 is 0. The highest BCUT2D eigenvalue weighted by molar-refractivity contribution is 6.14. The molecule has 13 heteroatoms. The van der Waals surface area contributed by atoms with Crippen LogP contribution in [0.2, 0.25) is 0 Å². The molecule has 3 rings (SSSR count). The molecule has 0 aromatic heterocycles. The summed E-state index contributed by atoms with van der Waals surface area (Å²) in [5, 5.41) is 8.22. The Morgan fingerprint density at radius 2 is 1.58 bits per heavy atom. The highest BCUT2D eigenvalue weighted by atomic mass is 19.4. The Hall–Kier alpha value is -3.45. The van der Waals surface area contributed by atoms with Gasteiger partial charge < -0.3 is 16.4 Å². The highest BCUT2D eigenvalue weighted by Crippen LogP contribution is 2.36. The Kier molecular flexibility index (Phi) is 9.15. The summed E-state index contributed by atoms with van der Waals surface area (Å²) in [6, 6.07) is 7.48. The van der Waals surface area contributed by atoms with E-state index in [1.54, 1.807) is 0 Å². The van der Waals surface area contributed by atoms with E-state index in [1.165, 1.54) is 0 Å². The molecule has 0 spiro atoms. The van der Waals surface area contributed by atoms with Crippen molar-refractivity contribution in [2.24, 2.45) is 5.73 Å². The van der Waals surface area contributed by atoms with Crippen molar-refractivity contribution >= 4 is 17.6 Å². The molecule has 2 aromatic carbocycles. The van der Waals surface area contributed by atoms with E-state index in [0.717, 1.165) is 5.56 Å². The molecule has 0 bridgehead atoms. The van der Waals surface area contributed by atoms with Gasteiger partial charge in [0.2, 0.25) is 11.8 Å². The van der Waals surface area contributed by atoms with Gasteiger partial charge in [0.05, 0.1) is 17.7 Å². The van der Waals surface area contributed by atoms with Crippen molar-refractivity contribution in [1.29, 1.82) is 0 Å². The van der Waals surface area contributed by atoms with Gasteiger partial charge in [0.1, 0.15) is 0 Å². The summed E-state index contributed by atoms with van der Waals surface area (Å²) in [6.07, 6.45) is -8.79. The smallest absolute Gasteiger partial charge is 0.369 e. The molecule has 2 aromatic rings. The number of ketones is 1. The van der Waals surface area contributed by atoms with Gasteiger partial charge in [0, 0.05) is 17.6 Å². The molecule has 1 fully saturated rings. The lowest BCUT2D eigenvalue weighted by atomic mass is 9.93. The molecular weight excluding hydrogens is 518 g/mol. The monoisotopic (exact) mass is 544 g/mol. The number of hydrogen-bond donors (Lipinski definition) is 4. The number of alkyl halides is 6. The van der Waals surface area contributed by atoms with E-state index in [0.29, 0.717) is 25.8 Å². The van der Waals surface area contributed by atoms with Gasteiger partial charge >= 0.3 is 12.4 Å². The van der Waals surface area contributed by atoms with Crippen LogP contribution in [0.3, 0.4) is 0 Å². The molecule has 0 radical (unpaired) electrons. The van der Waals surface area contributed by atoms with Gasteiger partial charge in [0.15, 0.2) is 11.8 Å². The number of Topliss-reactive ketones (excluding diaryl/α,β-unsaturated/α-hetero) is 1. The van der Waals surface area contributed by atoms with E-state index in [9.17, 15) is 40.7 Å². The van der Waals surface area contributed by atoms with Crippen LogP contribution < -0.4 is 21.7 Å². The zero-order chi connectivity index (χ0) is 28.1. The number of nitrogens with one attached hydrogen (secondary N) is 3. The molecule has 206 valence electrons. The zero-order valence-electron chi connectivity index (χ0n) is 20.0. The maximum absolute atomic E-state index is 13.3. The van der Waals surface area contributed by atoms with Crippen molar-refractivity contribution in [2.45, 2.75) is 49.7 Å². The van der Waals surface area contributed by atoms with Crippen molar-refractivity contribution in [3.05, 3.63) is 70.8 Å². The molecule has 0 aliphatic carbocycles. The summed E-state index contributed by atoms with van der Waals surface area (Å²) in [4.78, 5) is 37.4. The van der Waals surface area contributed by atoms with E-state index in [1.807, 2.05) is 30.3 Å². The van der Waals surface area contributed by atoms with E-state index in [4.69, 9.17) is 5.73 Å². The van der Waals surface area contributed by atoms with E-state index in [2.05, 4.69) is 16.0 Å². The van der Waals surface area contributed by atoms with Crippen LogP contribution in [0.15, 0.2) is 48.5 Å². The average Bonchev–Trinajstić information content (AvgIpc) is 2.83. The number of piperidine rings is 1. The predicted octanol–water partition coefficient (Wildman–Crippen LogP) is 2.83. The van der Waals surface area contributed by atoms with Crippen molar-refractivity contribution in [3.8, 4) is 0 Å². The molecule has 7 nitrogen and oxygen atoms in total. The lowest BCUT2D eigenvalue weighted by molar-refractivity contribution is -0.143. The standard InChI is InChI=1S/C25H26F6N4O3/c26-24(27,28)16-9-15(10-17(11-16)25(29,30)31)22(37)21(34-13-20(32)36)23(38)35-18-6-7-33-19(12-18)8-14-4-2-1-3-5-14/h1-5,9-11,18-19,21,33-34H,6-8,12-13H2,(H2,32,36)(H,35,38)/t18-,19+,21?/m0/s1. The normalized spacial score (nSPS) is 19.0. The van der Waals surface area contributed by atoms with Crippen LogP contribution in [0.5, 0.6) is 0 Å². The summed E-state index contributed by atoms with van der Waals surface area (Å²) in [5.74, 6) is -3.34. The Morgan fingerprint density at radius 1 is 0.974 bits per heavy atom. The molecule has 5 N–H and O–H groups in total. The van der Waals surface area contributed by atoms with Crippen molar-refractivity contribution in [1.82, 2.24) is 16.0 Å². The summed E-state index contributed by atoms with van der Waals surface area (Å²) in [6.45, 7) is -0.184. The number of nitrogens with two attached hydrogens (primary N) is 1. The molecule has 1 saturated heterocycles. The summed E-state index contributed by atoms with van der Waals surface area (Å²) < 4.78 is 79.6. The third kappa shape index (κ3) is 8.02. The number of benzene rings is 2. The van der Waals surface area contributed by atoms with Gasteiger partial charge in [-0.05, 0) is 49.6 Å².